The molecule has 4 aromatic rings. The lowest BCUT2D eigenvalue weighted by Crippen LogP contribution is -2.49. The summed E-state index contributed by atoms with van der Waals surface area (Å²) >= 11 is 1.29. The summed E-state index contributed by atoms with van der Waals surface area (Å²) in [7, 11) is 0. The van der Waals surface area contributed by atoms with Crippen molar-refractivity contribution in [3.05, 3.63) is 134 Å². The van der Waals surface area contributed by atoms with Crippen LogP contribution in [0.1, 0.15) is 42.8 Å². The zero-order valence-electron chi connectivity index (χ0n) is 20.9. The first kappa shape index (κ1) is 24.2. The zero-order chi connectivity index (χ0) is 27.6. The number of nitro groups is 1. The number of hydrogen-bond acceptors (Lipinski definition) is 7. The highest BCUT2D eigenvalue weighted by Crippen LogP contribution is 2.62. The van der Waals surface area contributed by atoms with Gasteiger partial charge in [-0.15, -0.1) is 11.3 Å². The Labute approximate surface area is 232 Å². The SMILES string of the molecule is O=C(c1cccs1)[C@@H]1[C@H](C(=O)c2ccc([N+](=O)[O-])cc2)[C@]2(C(=O)Nc3ccccc32)[C@@H]2c3ccccc3C=CN12. The number of anilines is 1. The molecule has 1 fully saturated rings. The Morgan fingerprint density at radius 1 is 0.925 bits per heavy atom. The second-order valence-corrected chi connectivity index (χ2v) is 11.0. The van der Waals surface area contributed by atoms with Gasteiger partial charge in [0.05, 0.1) is 21.8 Å². The third-order valence-electron chi connectivity index (χ3n) is 8.25. The molecule has 0 aliphatic carbocycles. The van der Waals surface area contributed by atoms with E-state index in [9.17, 15) is 24.5 Å². The molecule has 0 saturated carbocycles. The van der Waals surface area contributed by atoms with Gasteiger partial charge in [-0.1, -0.05) is 48.5 Å². The maximum Gasteiger partial charge on any atom is 0.269 e. The summed E-state index contributed by atoms with van der Waals surface area (Å²) in [6, 6.07) is 22.2. The van der Waals surface area contributed by atoms with Crippen LogP contribution in [0.25, 0.3) is 6.08 Å². The molecule has 9 heteroatoms. The van der Waals surface area contributed by atoms with E-state index in [1.54, 1.807) is 18.2 Å². The van der Waals surface area contributed by atoms with E-state index in [2.05, 4.69) is 5.32 Å². The number of ketones is 2. The Bertz CT molecular complexity index is 1750. The second-order valence-electron chi connectivity index (χ2n) is 10.1. The van der Waals surface area contributed by atoms with Crippen molar-refractivity contribution in [1.29, 1.82) is 0 Å². The third-order valence-corrected chi connectivity index (χ3v) is 9.13. The molecule has 4 atom stereocenters. The van der Waals surface area contributed by atoms with Gasteiger partial charge in [0.15, 0.2) is 11.6 Å². The first-order valence-corrected chi connectivity index (χ1v) is 13.6. The standard InChI is InChI=1S/C31H21N3O5S/c35-27(19-11-13-20(14-12-19)34(38)39)25-26(28(36)24-10-5-17-40-24)33-16-15-18-6-1-2-7-21(18)29(33)31(25)22-8-3-4-9-23(22)32-30(31)37/h1-17,25-26,29H,(H,32,37)/t25-,26+,29+,31+/m1/s1. The number of nitrogens with one attached hydrogen (secondary N) is 1. The molecule has 8 nitrogen and oxygen atoms in total. The van der Waals surface area contributed by atoms with E-state index in [1.807, 2.05) is 65.0 Å². The van der Waals surface area contributed by atoms with E-state index in [-0.39, 0.29) is 22.9 Å². The number of non-ortho nitro benzene ring substituents is 1. The van der Waals surface area contributed by atoms with Crippen LogP contribution in [-0.2, 0) is 10.2 Å². The van der Waals surface area contributed by atoms with Gasteiger partial charge >= 0.3 is 0 Å². The highest BCUT2D eigenvalue weighted by Gasteiger charge is 2.70. The minimum atomic E-state index is -1.44. The monoisotopic (exact) mass is 547 g/mol. The van der Waals surface area contributed by atoms with Crippen LogP contribution in [0.15, 0.2) is 96.5 Å². The number of carbonyl (C=O) groups excluding carboxylic acids is 3. The topological polar surface area (TPSA) is 110 Å². The summed E-state index contributed by atoms with van der Waals surface area (Å²) in [5.41, 5.74) is 1.63. The minimum Gasteiger partial charge on any atom is -0.358 e. The van der Waals surface area contributed by atoms with E-state index >= 15 is 0 Å². The van der Waals surface area contributed by atoms with Gasteiger partial charge in [0.1, 0.15) is 11.5 Å². The quantitative estimate of drug-likeness (QED) is 0.197. The summed E-state index contributed by atoms with van der Waals surface area (Å²) in [5.74, 6) is -2.14. The van der Waals surface area contributed by atoms with E-state index in [1.165, 1.54) is 35.6 Å². The molecule has 40 heavy (non-hydrogen) atoms. The number of fused-ring (bicyclic) bond motifs is 6. The van der Waals surface area contributed by atoms with Gasteiger partial charge in [-0.05, 0) is 52.4 Å². The molecule has 3 aliphatic heterocycles. The molecule has 196 valence electrons. The number of hydrogen-bond donors (Lipinski definition) is 1. The van der Waals surface area contributed by atoms with Crippen molar-refractivity contribution < 1.29 is 19.3 Å². The Hall–Kier alpha value is -4.89. The molecule has 4 heterocycles. The van der Waals surface area contributed by atoms with Crippen molar-refractivity contribution in [2.75, 3.05) is 5.32 Å². The molecule has 1 amide bonds. The summed E-state index contributed by atoms with van der Waals surface area (Å²) < 4.78 is 0. The molecule has 0 bridgehead atoms. The fourth-order valence-corrected chi connectivity index (χ4v) is 7.36. The molecule has 1 saturated heterocycles. The minimum absolute atomic E-state index is 0.151. The number of thiophene rings is 1. The molecule has 1 N–H and O–H groups in total. The van der Waals surface area contributed by atoms with Crippen LogP contribution in [0.3, 0.4) is 0 Å². The van der Waals surface area contributed by atoms with Gasteiger partial charge in [-0.2, -0.15) is 0 Å². The number of amides is 1. The predicted octanol–water partition coefficient (Wildman–Crippen LogP) is 5.64. The molecule has 3 aliphatic rings. The average Bonchev–Trinajstić information content (AvgIpc) is 3.69. The van der Waals surface area contributed by atoms with Gasteiger partial charge in [0, 0.05) is 29.6 Å². The third kappa shape index (κ3) is 3.21. The van der Waals surface area contributed by atoms with E-state index in [0.29, 0.717) is 16.1 Å². The van der Waals surface area contributed by atoms with Crippen LogP contribution < -0.4 is 5.32 Å². The van der Waals surface area contributed by atoms with Crippen LogP contribution >= 0.6 is 11.3 Å². The molecule has 0 unspecified atom stereocenters. The number of benzene rings is 3. The number of rotatable bonds is 5. The predicted molar refractivity (Wildman–Crippen MR) is 150 cm³/mol. The average molecular weight is 548 g/mol. The van der Waals surface area contributed by atoms with Crippen LogP contribution in [0, 0.1) is 16.0 Å². The van der Waals surface area contributed by atoms with E-state index < -0.39 is 34.1 Å². The molecule has 0 radical (unpaired) electrons. The van der Waals surface area contributed by atoms with Crippen LogP contribution in [0.4, 0.5) is 11.4 Å². The van der Waals surface area contributed by atoms with Crippen molar-refractivity contribution >= 4 is 46.3 Å². The lowest BCUT2D eigenvalue weighted by molar-refractivity contribution is -0.384. The van der Waals surface area contributed by atoms with Gasteiger partial charge in [0.2, 0.25) is 5.91 Å². The summed E-state index contributed by atoms with van der Waals surface area (Å²) in [5, 5.41) is 16.1. The summed E-state index contributed by atoms with van der Waals surface area (Å²) in [6.07, 6.45) is 3.73. The van der Waals surface area contributed by atoms with Gasteiger partial charge in [-0.3, -0.25) is 24.5 Å². The van der Waals surface area contributed by atoms with Gasteiger partial charge in [0.25, 0.3) is 5.69 Å². The number of Topliss-reactive ketones (excluding diaryl/α,β-unsaturated/α-hetero) is 2. The van der Waals surface area contributed by atoms with Crippen LogP contribution in [0.2, 0.25) is 0 Å². The second kappa shape index (κ2) is 8.82. The molecule has 3 aromatic carbocycles. The number of nitro benzene ring substituents is 1. The van der Waals surface area contributed by atoms with E-state index in [0.717, 1.165) is 11.1 Å². The maximum absolute atomic E-state index is 14.6. The fraction of sp³-hybridized carbons (Fsp3) is 0.129. The zero-order valence-corrected chi connectivity index (χ0v) is 21.7. The lowest BCUT2D eigenvalue weighted by Gasteiger charge is -2.38. The summed E-state index contributed by atoms with van der Waals surface area (Å²) in [6.45, 7) is 0. The highest BCUT2D eigenvalue weighted by molar-refractivity contribution is 7.12. The molecule has 1 aromatic heterocycles. The Balaban J connectivity index is 1.52. The van der Waals surface area contributed by atoms with Crippen molar-refractivity contribution in [3.8, 4) is 0 Å². The first-order valence-electron chi connectivity index (χ1n) is 12.7. The van der Waals surface area contributed by atoms with Crippen molar-refractivity contribution in [2.24, 2.45) is 5.92 Å². The molecular formula is C31H21N3O5S. The van der Waals surface area contributed by atoms with Gasteiger partial charge < -0.3 is 10.2 Å². The molecular weight excluding hydrogens is 526 g/mol. The Morgan fingerprint density at radius 2 is 1.68 bits per heavy atom. The Morgan fingerprint density at radius 3 is 2.42 bits per heavy atom. The Kier molecular flexibility index (Phi) is 5.33. The number of para-hydroxylation sites is 1. The van der Waals surface area contributed by atoms with Crippen molar-refractivity contribution in [3.63, 3.8) is 0 Å². The smallest absolute Gasteiger partial charge is 0.269 e. The van der Waals surface area contributed by atoms with Crippen LogP contribution in [0.5, 0.6) is 0 Å². The fourth-order valence-electron chi connectivity index (χ4n) is 6.66. The lowest BCUT2D eigenvalue weighted by atomic mass is 9.63. The number of nitrogens with zero attached hydrogens (tertiary/aromatic N) is 2. The molecule has 1 spiro atoms. The van der Waals surface area contributed by atoms with Crippen LogP contribution in [-0.4, -0.2) is 33.3 Å². The maximum atomic E-state index is 14.6. The first-order chi connectivity index (χ1) is 19.4. The number of carbonyl (C=O) groups is 3. The normalized spacial score (nSPS) is 23.9. The van der Waals surface area contributed by atoms with Gasteiger partial charge in [-0.25, -0.2) is 0 Å². The highest BCUT2D eigenvalue weighted by atomic mass is 32.1. The largest absolute Gasteiger partial charge is 0.358 e. The van der Waals surface area contributed by atoms with Crippen molar-refractivity contribution in [2.45, 2.75) is 17.5 Å². The van der Waals surface area contributed by atoms with Crippen molar-refractivity contribution in [1.82, 2.24) is 4.90 Å². The molecule has 7 rings (SSSR count). The van der Waals surface area contributed by atoms with E-state index in [4.69, 9.17) is 0 Å². The summed E-state index contributed by atoms with van der Waals surface area (Å²) in [4.78, 5) is 56.4.